The highest BCUT2D eigenvalue weighted by Crippen LogP contribution is 2.21. The van der Waals surface area contributed by atoms with Crippen molar-refractivity contribution < 1.29 is 0 Å². The van der Waals surface area contributed by atoms with Gasteiger partial charge in [-0.15, -0.1) is 0 Å². The van der Waals surface area contributed by atoms with E-state index >= 15 is 0 Å². The molecule has 0 unspecified atom stereocenters. The van der Waals surface area contributed by atoms with E-state index in [2.05, 4.69) is 25.8 Å². The third-order valence-corrected chi connectivity index (χ3v) is 2.29. The van der Waals surface area contributed by atoms with Crippen LogP contribution in [0.15, 0.2) is 0 Å². The number of nitrogens with zero attached hydrogens (tertiary/aromatic N) is 1. The molecule has 0 aromatic rings. The van der Waals surface area contributed by atoms with Gasteiger partial charge in [0.15, 0.2) is 0 Å². The second-order valence-electron chi connectivity index (χ2n) is 4.05. The van der Waals surface area contributed by atoms with Gasteiger partial charge in [-0.3, -0.25) is 0 Å². The summed E-state index contributed by atoms with van der Waals surface area (Å²) in [5.74, 6) is 1.88. The fourth-order valence-electron chi connectivity index (χ4n) is 1.89. The van der Waals surface area contributed by atoms with Crippen LogP contribution in [0.2, 0.25) is 0 Å². The van der Waals surface area contributed by atoms with E-state index in [0.29, 0.717) is 0 Å². The monoisotopic (exact) mass is 171 g/mol. The quantitative estimate of drug-likeness (QED) is 0.617. The van der Waals surface area contributed by atoms with E-state index in [1.54, 1.807) is 0 Å². The van der Waals surface area contributed by atoms with Crippen LogP contribution in [0.3, 0.4) is 0 Å². The van der Waals surface area contributed by atoms with Gasteiger partial charge in [-0.05, 0) is 38.3 Å². The molecule has 1 rings (SSSR count). The maximum absolute atomic E-state index is 2.44. The lowest BCUT2D eigenvalue weighted by molar-refractivity contribution is 0.367. The molecule has 1 heteroatoms. The Labute approximate surface area is 78.1 Å². The summed E-state index contributed by atoms with van der Waals surface area (Å²) in [7, 11) is 2.22. The van der Waals surface area contributed by atoms with Gasteiger partial charge >= 0.3 is 0 Å². The summed E-state index contributed by atoms with van der Waals surface area (Å²) in [6.45, 7) is 11.3. The molecule has 12 heavy (non-hydrogen) atoms. The van der Waals surface area contributed by atoms with Crippen LogP contribution >= 0.6 is 0 Å². The third kappa shape index (κ3) is 4.76. The summed E-state index contributed by atoms with van der Waals surface area (Å²) in [4.78, 5) is 2.44. The van der Waals surface area contributed by atoms with Crippen molar-refractivity contribution in [1.82, 2.24) is 4.90 Å². The molecule has 1 nitrogen and oxygen atoms in total. The summed E-state index contributed by atoms with van der Waals surface area (Å²) in [5, 5.41) is 0. The Kier molecular flexibility index (Phi) is 6.45. The van der Waals surface area contributed by atoms with Crippen LogP contribution in [-0.2, 0) is 0 Å². The molecule has 1 fully saturated rings. The zero-order chi connectivity index (χ0) is 9.56. The summed E-state index contributed by atoms with van der Waals surface area (Å²) in [5.41, 5.74) is 0. The third-order valence-electron chi connectivity index (χ3n) is 2.29. The van der Waals surface area contributed by atoms with Crippen molar-refractivity contribution >= 4 is 0 Å². The highest BCUT2D eigenvalue weighted by Gasteiger charge is 2.19. The van der Waals surface area contributed by atoms with Crippen molar-refractivity contribution in [2.45, 2.75) is 40.5 Å². The Balaban J connectivity index is 0.000000561. The van der Waals surface area contributed by atoms with E-state index in [0.717, 1.165) is 11.8 Å². The fourth-order valence-corrected chi connectivity index (χ4v) is 1.89. The smallest absolute Gasteiger partial charge is 0.000718 e. The normalized spacial score (nSPS) is 24.0. The molecule has 1 aliphatic heterocycles. The first-order valence-electron chi connectivity index (χ1n) is 5.37. The Morgan fingerprint density at radius 2 is 1.92 bits per heavy atom. The average Bonchev–Trinajstić information content (AvgIpc) is 2.39. The minimum Gasteiger partial charge on any atom is -0.306 e. The van der Waals surface area contributed by atoms with Crippen molar-refractivity contribution in [3.63, 3.8) is 0 Å². The van der Waals surface area contributed by atoms with Crippen molar-refractivity contribution in [2.24, 2.45) is 11.8 Å². The topological polar surface area (TPSA) is 3.24 Å². The van der Waals surface area contributed by atoms with Crippen LogP contribution < -0.4 is 0 Å². The van der Waals surface area contributed by atoms with Crippen LogP contribution in [0.25, 0.3) is 0 Å². The van der Waals surface area contributed by atoms with E-state index in [1.807, 2.05) is 13.8 Å². The van der Waals surface area contributed by atoms with Gasteiger partial charge in [0.05, 0.1) is 0 Å². The minimum atomic E-state index is 0.886. The first-order chi connectivity index (χ1) is 5.68. The number of likely N-dealkylation sites (tertiary alicyclic amines) is 1. The molecular weight excluding hydrogens is 146 g/mol. The summed E-state index contributed by atoms with van der Waals surface area (Å²) in [6.07, 6.45) is 2.85. The number of hydrogen-bond acceptors (Lipinski definition) is 1. The molecule has 0 bridgehead atoms. The maximum atomic E-state index is 2.44. The van der Waals surface area contributed by atoms with Crippen LogP contribution in [0.5, 0.6) is 0 Å². The van der Waals surface area contributed by atoms with E-state index < -0.39 is 0 Å². The van der Waals surface area contributed by atoms with E-state index in [1.165, 1.54) is 25.9 Å². The van der Waals surface area contributed by atoms with Crippen molar-refractivity contribution in [1.29, 1.82) is 0 Å². The SMILES string of the molecule is CC.CC(C)C[C@@H]1CCN(C)C1. The van der Waals surface area contributed by atoms with Gasteiger partial charge in [-0.1, -0.05) is 27.7 Å². The molecule has 0 N–H and O–H groups in total. The van der Waals surface area contributed by atoms with Gasteiger partial charge in [-0.2, -0.15) is 0 Å². The molecule has 1 saturated heterocycles. The zero-order valence-electron chi connectivity index (χ0n) is 9.43. The molecule has 1 atom stereocenters. The van der Waals surface area contributed by atoms with Gasteiger partial charge in [-0.25, -0.2) is 0 Å². The van der Waals surface area contributed by atoms with Gasteiger partial charge < -0.3 is 4.90 Å². The molecule has 0 spiro atoms. The lowest BCUT2D eigenvalue weighted by Crippen LogP contribution is -2.14. The van der Waals surface area contributed by atoms with Crippen LogP contribution in [-0.4, -0.2) is 25.0 Å². The molecule has 0 aromatic carbocycles. The predicted octanol–water partition coefficient (Wildman–Crippen LogP) is 3.01. The Morgan fingerprint density at radius 1 is 1.33 bits per heavy atom. The fraction of sp³-hybridized carbons (Fsp3) is 1.00. The van der Waals surface area contributed by atoms with Gasteiger partial charge in [0.2, 0.25) is 0 Å². The average molecular weight is 171 g/mol. The lowest BCUT2D eigenvalue weighted by atomic mass is 9.97. The molecule has 0 saturated carbocycles. The molecule has 1 heterocycles. The van der Waals surface area contributed by atoms with Crippen molar-refractivity contribution in [2.75, 3.05) is 20.1 Å². The maximum Gasteiger partial charge on any atom is 0.000718 e. The highest BCUT2D eigenvalue weighted by molar-refractivity contribution is 4.73. The van der Waals surface area contributed by atoms with Crippen LogP contribution in [0, 0.1) is 11.8 Å². The molecular formula is C11H25N. The summed E-state index contributed by atoms with van der Waals surface area (Å²) >= 11 is 0. The van der Waals surface area contributed by atoms with Crippen LogP contribution in [0.4, 0.5) is 0 Å². The second kappa shape index (κ2) is 6.47. The molecule has 0 aliphatic carbocycles. The van der Waals surface area contributed by atoms with Gasteiger partial charge in [0.1, 0.15) is 0 Å². The second-order valence-corrected chi connectivity index (χ2v) is 4.05. The molecule has 0 radical (unpaired) electrons. The van der Waals surface area contributed by atoms with E-state index in [9.17, 15) is 0 Å². The lowest BCUT2D eigenvalue weighted by Gasteiger charge is -2.11. The zero-order valence-corrected chi connectivity index (χ0v) is 9.43. The Bertz CT molecular complexity index is 99.2. The standard InChI is InChI=1S/C9H19N.C2H6/c1-8(2)6-9-4-5-10(3)7-9;1-2/h8-9H,4-7H2,1-3H3;1-2H3/t9-;/m0./s1. The predicted molar refractivity (Wildman–Crippen MR) is 56.4 cm³/mol. The first-order valence-corrected chi connectivity index (χ1v) is 5.37. The van der Waals surface area contributed by atoms with E-state index in [4.69, 9.17) is 0 Å². The number of hydrogen-bond donors (Lipinski definition) is 0. The van der Waals surface area contributed by atoms with Gasteiger partial charge in [0.25, 0.3) is 0 Å². The molecule has 0 amide bonds. The largest absolute Gasteiger partial charge is 0.306 e. The van der Waals surface area contributed by atoms with Gasteiger partial charge in [0, 0.05) is 6.54 Å². The van der Waals surface area contributed by atoms with E-state index in [-0.39, 0.29) is 0 Å². The highest BCUT2D eigenvalue weighted by atomic mass is 15.1. The first kappa shape index (κ1) is 12.0. The summed E-state index contributed by atoms with van der Waals surface area (Å²) < 4.78 is 0. The van der Waals surface area contributed by atoms with Crippen molar-refractivity contribution in [3.8, 4) is 0 Å². The molecule has 1 aliphatic rings. The summed E-state index contributed by atoms with van der Waals surface area (Å²) in [6, 6.07) is 0. The molecule has 0 aromatic heterocycles. The Hall–Kier alpha value is -0.0400. The molecule has 74 valence electrons. The van der Waals surface area contributed by atoms with Crippen molar-refractivity contribution in [3.05, 3.63) is 0 Å². The number of rotatable bonds is 2. The minimum absolute atomic E-state index is 0.886. The Morgan fingerprint density at radius 3 is 2.25 bits per heavy atom. The van der Waals surface area contributed by atoms with Crippen LogP contribution in [0.1, 0.15) is 40.5 Å².